The van der Waals surface area contributed by atoms with Crippen molar-refractivity contribution in [3.05, 3.63) is 96.1 Å². The maximum Gasteiger partial charge on any atom is 0.0489 e. The molecule has 1 spiro atoms. The molecular weight excluding hydrogens is 434 g/mol. The average molecular weight is 466 g/mol. The van der Waals surface area contributed by atoms with E-state index in [0.717, 1.165) is 23.7 Å². The molecule has 36 heavy (non-hydrogen) atoms. The highest BCUT2D eigenvalue weighted by molar-refractivity contribution is 6.09. The summed E-state index contributed by atoms with van der Waals surface area (Å²) in [7, 11) is 2.18. The largest absolute Gasteiger partial charge is 0.344 e. The van der Waals surface area contributed by atoms with Gasteiger partial charge in [0.15, 0.2) is 0 Å². The van der Waals surface area contributed by atoms with E-state index in [0.29, 0.717) is 0 Å². The Morgan fingerprint density at radius 3 is 2.06 bits per heavy atom. The summed E-state index contributed by atoms with van der Waals surface area (Å²) in [6.45, 7) is 0. The van der Waals surface area contributed by atoms with Gasteiger partial charge in [-0.15, -0.1) is 0 Å². The van der Waals surface area contributed by atoms with E-state index >= 15 is 0 Å². The summed E-state index contributed by atoms with van der Waals surface area (Å²) in [6.07, 6.45) is 7.29. The minimum Gasteiger partial charge on any atom is -0.344 e. The molecule has 0 atom stereocenters. The Labute approximate surface area is 212 Å². The Morgan fingerprint density at radius 2 is 1.22 bits per heavy atom. The fourth-order valence-electron chi connectivity index (χ4n) is 9.69. The molecule has 10 rings (SSSR count). The second-order valence-corrected chi connectivity index (χ2v) is 12.3. The van der Waals surface area contributed by atoms with Gasteiger partial charge in [0.25, 0.3) is 0 Å². The molecule has 0 N–H and O–H groups in total. The number of hydrogen-bond acceptors (Lipinski definition) is 0. The highest BCUT2D eigenvalue weighted by Gasteiger charge is 2.61. The predicted molar refractivity (Wildman–Crippen MR) is 149 cm³/mol. The summed E-state index contributed by atoms with van der Waals surface area (Å²) in [5, 5.41) is 2.69. The minimum atomic E-state index is 0.261. The van der Waals surface area contributed by atoms with Gasteiger partial charge in [-0.3, -0.25) is 0 Å². The number of para-hydroxylation sites is 1. The first-order chi connectivity index (χ1) is 17.7. The number of rotatable bonds is 1. The molecule has 5 aliphatic rings. The highest BCUT2D eigenvalue weighted by Crippen LogP contribution is 2.69. The predicted octanol–water partition coefficient (Wildman–Crippen LogP) is 8.72. The second-order valence-electron chi connectivity index (χ2n) is 12.3. The third-order valence-electron chi connectivity index (χ3n) is 10.8. The number of aryl methyl sites for hydroxylation is 1. The summed E-state index contributed by atoms with van der Waals surface area (Å²) in [5.74, 6) is 3.63. The van der Waals surface area contributed by atoms with Crippen LogP contribution in [-0.4, -0.2) is 4.57 Å². The SMILES string of the molecule is Cn1c2ccccc2c2cc(-c3ccc4c(c3)-c3ccccc3C43C4CC5CC(C4)CC3C5)ccc21. The Balaban J connectivity index is 1.25. The van der Waals surface area contributed by atoms with E-state index in [4.69, 9.17) is 0 Å². The van der Waals surface area contributed by atoms with Gasteiger partial charge in [0.2, 0.25) is 0 Å². The van der Waals surface area contributed by atoms with Crippen molar-refractivity contribution in [2.24, 2.45) is 30.7 Å². The van der Waals surface area contributed by atoms with Crippen LogP contribution in [0.5, 0.6) is 0 Å². The smallest absolute Gasteiger partial charge is 0.0489 e. The molecule has 1 heterocycles. The Kier molecular flexibility index (Phi) is 3.69. The molecule has 0 unspecified atom stereocenters. The van der Waals surface area contributed by atoms with Crippen molar-refractivity contribution >= 4 is 21.8 Å². The van der Waals surface area contributed by atoms with E-state index < -0.39 is 0 Å². The molecular formula is C35H31N. The van der Waals surface area contributed by atoms with Crippen LogP contribution in [0.3, 0.4) is 0 Å². The third kappa shape index (κ3) is 2.29. The first-order valence-electron chi connectivity index (χ1n) is 13.9. The Hall–Kier alpha value is -3.32. The van der Waals surface area contributed by atoms with Crippen LogP contribution in [0.15, 0.2) is 84.9 Å². The molecule has 1 nitrogen and oxygen atoms in total. The molecule has 0 radical (unpaired) electrons. The van der Waals surface area contributed by atoms with Crippen LogP contribution < -0.4 is 0 Å². The molecule has 1 heteroatoms. The van der Waals surface area contributed by atoms with E-state index in [2.05, 4.69) is 96.5 Å². The van der Waals surface area contributed by atoms with Crippen molar-refractivity contribution in [3.63, 3.8) is 0 Å². The van der Waals surface area contributed by atoms with Crippen LogP contribution in [0.2, 0.25) is 0 Å². The van der Waals surface area contributed by atoms with Crippen molar-refractivity contribution in [3.8, 4) is 22.3 Å². The van der Waals surface area contributed by atoms with Crippen molar-refractivity contribution in [2.45, 2.75) is 37.5 Å². The lowest BCUT2D eigenvalue weighted by molar-refractivity contribution is -0.0399. The van der Waals surface area contributed by atoms with Crippen LogP contribution in [-0.2, 0) is 12.5 Å². The van der Waals surface area contributed by atoms with Gasteiger partial charge in [-0.1, -0.05) is 60.7 Å². The summed E-state index contributed by atoms with van der Waals surface area (Å²) in [4.78, 5) is 0. The Bertz CT molecular complexity index is 1690. The molecule has 5 aliphatic carbocycles. The van der Waals surface area contributed by atoms with Gasteiger partial charge in [-0.25, -0.2) is 0 Å². The highest BCUT2D eigenvalue weighted by atomic mass is 14.9. The topological polar surface area (TPSA) is 4.93 Å². The molecule has 176 valence electrons. The van der Waals surface area contributed by atoms with Gasteiger partial charge in [-0.05, 0) is 113 Å². The fourth-order valence-corrected chi connectivity index (χ4v) is 9.69. The molecule has 4 bridgehead atoms. The van der Waals surface area contributed by atoms with E-state index in [9.17, 15) is 0 Å². The molecule has 0 aliphatic heterocycles. The van der Waals surface area contributed by atoms with E-state index in [-0.39, 0.29) is 5.41 Å². The normalized spacial score (nSPS) is 29.4. The van der Waals surface area contributed by atoms with Crippen LogP contribution in [0.25, 0.3) is 44.1 Å². The average Bonchev–Trinajstić information content (AvgIpc) is 3.37. The van der Waals surface area contributed by atoms with Gasteiger partial charge in [0.1, 0.15) is 0 Å². The lowest BCUT2D eigenvalue weighted by atomic mass is 9.43. The van der Waals surface area contributed by atoms with Gasteiger partial charge in [0, 0.05) is 34.3 Å². The Morgan fingerprint density at radius 1 is 0.583 bits per heavy atom. The maximum atomic E-state index is 2.54. The summed E-state index contributed by atoms with van der Waals surface area (Å²) >= 11 is 0. The molecule has 0 amide bonds. The molecule has 0 saturated heterocycles. The lowest BCUT2D eigenvalue weighted by Crippen LogP contribution is -2.55. The van der Waals surface area contributed by atoms with Gasteiger partial charge >= 0.3 is 0 Å². The molecule has 4 aromatic carbocycles. The van der Waals surface area contributed by atoms with Crippen LogP contribution in [0, 0.1) is 23.7 Å². The molecule has 4 fully saturated rings. The second kappa shape index (κ2) is 6.71. The standard InChI is InChI=1S/C35H31N/c1-36-33-9-5-3-7-28(33)30-20-24(11-13-34(30)36)23-10-12-32-29(19-23)27-6-2-4-8-31(27)35(32)25-15-21-14-22(17-25)18-26(35)16-21/h2-13,19-22,25-26H,14-18H2,1H3. The van der Waals surface area contributed by atoms with Crippen molar-refractivity contribution < 1.29 is 0 Å². The fraction of sp³-hybridized carbons (Fsp3) is 0.314. The van der Waals surface area contributed by atoms with Gasteiger partial charge < -0.3 is 4.57 Å². The molecule has 5 aromatic rings. The lowest BCUT2D eigenvalue weighted by Gasteiger charge is -2.61. The number of nitrogens with zero attached hydrogens (tertiary/aromatic N) is 1. The molecule has 4 saturated carbocycles. The number of benzene rings is 4. The quantitative estimate of drug-likeness (QED) is 0.233. The van der Waals surface area contributed by atoms with Crippen molar-refractivity contribution in [1.82, 2.24) is 4.57 Å². The number of aromatic nitrogens is 1. The van der Waals surface area contributed by atoms with Crippen molar-refractivity contribution in [1.29, 1.82) is 0 Å². The van der Waals surface area contributed by atoms with Crippen LogP contribution in [0.1, 0.15) is 43.2 Å². The maximum absolute atomic E-state index is 2.54. The monoisotopic (exact) mass is 465 g/mol. The first-order valence-corrected chi connectivity index (χ1v) is 13.9. The van der Waals surface area contributed by atoms with Crippen molar-refractivity contribution in [2.75, 3.05) is 0 Å². The van der Waals surface area contributed by atoms with E-state index in [1.807, 2.05) is 0 Å². The third-order valence-corrected chi connectivity index (χ3v) is 10.8. The zero-order chi connectivity index (χ0) is 23.6. The van der Waals surface area contributed by atoms with E-state index in [1.165, 1.54) is 76.2 Å². The summed E-state index contributed by atoms with van der Waals surface area (Å²) in [6, 6.07) is 32.8. The number of fused-ring (bicyclic) bond motifs is 6. The summed E-state index contributed by atoms with van der Waals surface area (Å²) in [5.41, 5.74) is 11.8. The molecule has 1 aromatic heterocycles. The zero-order valence-electron chi connectivity index (χ0n) is 20.9. The van der Waals surface area contributed by atoms with E-state index in [1.54, 1.807) is 11.1 Å². The van der Waals surface area contributed by atoms with Crippen LogP contribution in [0.4, 0.5) is 0 Å². The first kappa shape index (κ1) is 19.8. The minimum absolute atomic E-state index is 0.261. The van der Waals surface area contributed by atoms with Crippen LogP contribution >= 0.6 is 0 Å². The van der Waals surface area contributed by atoms with Gasteiger partial charge in [0.05, 0.1) is 0 Å². The van der Waals surface area contributed by atoms with Gasteiger partial charge in [-0.2, -0.15) is 0 Å². The zero-order valence-corrected chi connectivity index (χ0v) is 20.9. The summed E-state index contributed by atoms with van der Waals surface area (Å²) < 4.78 is 2.32. The number of hydrogen-bond donors (Lipinski definition) is 0.